The van der Waals surface area contributed by atoms with Gasteiger partial charge in [-0.2, -0.15) is 0 Å². The molecule has 1 heterocycles. The van der Waals surface area contributed by atoms with E-state index >= 15 is 0 Å². The maximum Gasteiger partial charge on any atom is 0.0973 e. The van der Waals surface area contributed by atoms with Crippen LogP contribution in [0.25, 0.3) is 100 Å². The molecule has 0 saturated carbocycles. The smallest absolute Gasteiger partial charge is 0.0973 e. The molecule has 0 spiro atoms. The van der Waals surface area contributed by atoms with E-state index in [-0.39, 0.29) is 0 Å². The zero-order valence-electron chi connectivity index (χ0n) is 46.1. The number of hydrogen-bond acceptors (Lipinski definition) is 4. The fraction of sp³-hybridized carbons (Fsp3) is 0. The summed E-state index contributed by atoms with van der Waals surface area (Å²) in [6, 6.07) is 121. The number of aromatic nitrogens is 2. The molecule has 14 aromatic rings. The van der Waals surface area contributed by atoms with E-state index in [2.05, 4.69) is 325 Å². The van der Waals surface area contributed by atoms with Gasteiger partial charge in [0.1, 0.15) is 0 Å². The van der Waals surface area contributed by atoms with E-state index in [9.17, 15) is 0 Å². The number of benzene rings is 13. The van der Waals surface area contributed by atoms with Gasteiger partial charge in [0.15, 0.2) is 0 Å². The zero-order valence-corrected chi connectivity index (χ0v) is 46.1. The molecule has 0 aliphatic rings. The van der Waals surface area contributed by atoms with E-state index in [0.29, 0.717) is 0 Å². The minimum absolute atomic E-state index is 0.814. The number of rotatable bonds is 14. The number of para-hydroxylation sites is 2. The molecule has 0 N–H and O–H groups in total. The van der Waals surface area contributed by atoms with E-state index in [1.165, 1.54) is 55.6 Å². The Morgan fingerprint density at radius 2 is 0.345 bits per heavy atom. The summed E-state index contributed by atoms with van der Waals surface area (Å²) in [6.45, 7) is 0. The molecule has 0 aliphatic heterocycles. The standard InChI is InChI=1S/C80H56N4/c1-5-17-57(18-6-1)61-31-43-71(44-32-61)83(73-47-35-63(36-48-73)69-27-15-25-67(55-69)59-21-9-3-10-22-59)75-51-39-65(40-52-75)79-80(82-78-30-14-13-29-77(78)81-79)66-41-53-76(54-42-66)84(72-45-33-62(34-46-72)58-19-7-2-8-20-58)74-49-37-64(38-50-74)70-28-16-26-68(56-70)60-23-11-4-12-24-60/h1-56H. The van der Waals surface area contributed by atoms with Gasteiger partial charge in [-0.25, -0.2) is 9.97 Å². The first-order chi connectivity index (χ1) is 41.6. The maximum atomic E-state index is 5.37. The lowest BCUT2D eigenvalue weighted by Crippen LogP contribution is -2.10. The van der Waals surface area contributed by atoms with Gasteiger partial charge in [0.2, 0.25) is 0 Å². The monoisotopic (exact) mass is 1070 g/mol. The van der Waals surface area contributed by atoms with Gasteiger partial charge in [0, 0.05) is 45.3 Å². The molecule has 0 radical (unpaired) electrons. The van der Waals surface area contributed by atoms with Crippen LogP contribution in [0.5, 0.6) is 0 Å². The first-order valence-corrected chi connectivity index (χ1v) is 28.5. The second kappa shape index (κ2) is 23.1. The van der Waals surface area contributed by atoms with Crippen LogP contribution in [0.4, 0.5) is 34.1 Å². The van der Waals surface area contributed by atoms with Crippen LogP contribution in [0.1, 0.15) is 0 Å². The van der Waals surface area contributed by atoms with Gasteiger partial charge in [-0.15, -0.1) is 0 Å². The van der Waals surface area contributed by atoms with Crippen molar-refractivity contribution in [3.8, 4) is 89.3 Å². The molecule has 0 unspecified atom stereocenters. The summed E-state index contributed by atoms with van der Waals surface area (Å²) in [4.78, 5) is 15.4. The average Bonchev–Trinajstić information content (AvgIpc) is 3.75. The van der Waals surface area contributed by atoms with Crippen molar-refractivity contribution in [1.29, 1.82) is 0 Å². The van der Waals surface area contributed by atoms with Crippen LogP contribution in [-0.4, -0.2) is 9.97 Å². The van der Waals surface area contributed by atoms with Crippen LogP contribution in [0, 0.1) is 0 Å². The van der Waals surface area contributed by atoms with Gasteiger partial charge in [-0.1, -0.05) is 243 Å². The second-order valence-electron chi connectivity index (χ2n) is 21.0. The van der Waals surface area contributed by atoms with Gasteiger partial charge in [0.05, 0.1) is 22.4 Å². The van der Waals surface area contributed by atoms with Crippen molar-refractivity contribution in [3.05, 3.63) is 340 Å². The van der Waals surface area contributed by atoms with E-state index < -0.39 is 0 Å². The Balaban J connectivity index is 0.809. The molecule has 4 heteroatoms. The molecule has 4 nitrogen and oxygen atoms in total. The summed E-state index contributed by atoms with van der Waals surface area (Å²) in [6.07, 6.45) is 0. The molecule has 396 valence electrons. The Labute approximate surface area is 491 Å². The third kappa shape index (κ3) is 10.7. The Morgan fingerprint density at radius 3 is 0.607 bits per heavy atom. The third-order valence-corrected chi connectivity index (χ3v) is 15.7. The minimum Gasteiger partial charge on any atom is -0.311 e. The normalized spacial score (nSPS) is 11.1. The molecule has 13 aromatic carbocycles. The van der Waals surface area contributed by atoms with Gasteiger partial charge < -0.3 is 9.80 Å². The van der Waals surface area contributed by atoms with Gasteiger partial charge in [-0.3, -0.25) is 0 Å². The van der Waals surface area contributed by atoms with E-state index in [4.69, 9.17) is 9.97 Å². The first-order valence-electron chi connectivity index (χ1n) is 28.5. The molecule has 0 aliphatic carbocycles. The Kier molecular flexibility index (Phi) is 14.0. The number of fused-ring (bicyclic) bond motifs is 1. The topological polar surface area (TPSA) is 32.3 Å². The predicted octanol–water partition coefficient (Wildman–Crippen LogP) is 21.9. The predicted molar refractivity (Wildman–Crippen MR) is 352 cm³/mol. The van der Waals surface area contributed by atoms with Crippen LogP contribution < -0.4 is 9.80 Å². The Morgan fingerprint density at radius 1 is 0.155 bits per heavy atom. The zero-order chi connectivity index (χ0) is 56.0. The number of anilines is 6. The Bertz CT molecular complexity index is 4220. The molecule has 84 heavy (non-hydrogen) atoms. The van der Waals surface area contributed by atoms with Gasteiger partial charge >= 0.3 is 0 Å². The highest BCUT2D eigenvalue weighted by atomic mass is 15.1. The molecule has 0 saturated heterocycles. The molecule has 0 atom stereocenters. The van der Waals surface area contributed by atoms with Crippen molar-refractivity contribution < 1.29 is 0 Å². The summed E-state index contributed by atoms with van der Waals surface area (Å²) in [5, 5.41) is 0. The molecular formula is C80H56N4. The third-order valence-electron chi connectivity index (χ3n) is 15.7. The molecule has 1 aromatic heterocycles. The summed E-state index contributed by atoms with van der Waals surface area (Å²) in [7, 11) is 0. The lowest BCUT2D eigenvalue weighted by Gasteiger charge is -2.26. The van der Waals surface area contributed by atoms with Crippen molar-refractivity contribution >= 4 is 45.2 Å². The highest BCUT2D eigenvalue weighted by Crippen LogP contribution is 2.42. The minimum atomic E-state index is 0.814. The van der Waals surface area contributed by atoms with E-state index in [0.717, 1.165) is 78.8 Å². The lowest BCUT2D eigenvalue weighted by atomic mass is 9.98. The average molecular weight is 1070 g/mol. The molecule has 14 rings (SSSR count). The molecular weight excluding hydrogens is 1020 g/mol. The number of hydrogen-bond donors (Lipinski definition) is 0. The molecule has 0 fully saturated rings. The summed E-state index contributed by atoms with van der Waals surface area (Å²) in [5.41, 5.74) is 25.7. The SMILES string of the molecule is c1ccc(-c2ccc(N(c3ccc(-c4cccc(-c5ccccc5)c4)cc3)c3ccc(-c4nc5ccccc5nc4-c4ccc(N(c5ccc(-c6ccccc6)cc5)c5ccc(-c6cccc(-c7ccccc7)c6)cc5)cc4)cc3)cc2)cc1. The van der Waals surface area contributed by atoms with Crippen molar-refractivity contribution in [3.63, 3.8) is 0 Å². The molecule has 0 bridgehead atoms. The van der Waals surface area contributed by atoms with Gasteiger partial charge in [0.25, 0.3) is 0 Å². The second-order valence-corrected chi connectivity index (χ2v) is 21.0. The van der Waals surface area contributed by atoms with Crippen LogP contribution in [-0.2, 0) is 0 Å². The highest BCUT2D eigenvalue weighted by molar-refractivity contribution is 5.89. The van der Waals surface area contributed by atoms with Crippen molar-refractivity contribution in [2.45, 2.75) is 0 Å². The summed E-state index contributed by atoms with van der Waals surface area (Å²) in [5.74, 6) is 0. The largest absolute Gasteiger partial charge is 0.311 e. The maximum absolute atomic E-state index is 5.37. The first kappa shape index (κ1) is 51.0. The summed E-state index contributed by atoms with van der Waals surface area (Å²) < 4.78 is 0. The fourth-order valence-corrected chi connectivity index (χ4v) is 11.3. The van der Waals surface area contributed by atoms with Crippen LogP contribution in [0.2, 0.25) is 0 Å². The fourth-order valence-electron chi connectivity index (χ4n) is 11.3. The van der Waals surface area contributed by atoms with Crippen molar-refractivity contribution in [2.75, 3.05) is 9.80 Å². The van der Waals surface area contributed by atoms with E-state index in [1.807, 2.05) is 24.3 Å². The lowest BCUT2D eigenvalue weighted by molar-refractivity contribution is 1.26. The van der Waals surface area contributed by atoms with Crippen LogP contribution >= 0.6 is 0 Å². The highest BCUT2D eigenvalue weighted by Gasteiger charge is 2.20. The Hall–Kier alpha value is -11.2. The van der Waals surface area contributed by atoms with Crippen LogP contribution in [0.15, 0.2) is 340 Å². The summed E-state index contributed by atoms with van der Waals surface area (Å²) >= 11 is 0. The van der Waals surface area contributed by atoms with Gasteiger partial charge in [-0.05, 0) is 164 Å². The van der Waals surface area contributed by atoms with Crippen molar-refractivity contribution in [2.24, 2.45) is 0 Å². The molecule has 0 amide bonds. The van der Waals surface area contributed by atoms with E-state index in [1.54, 1.807) is 0 Å². The quantitative estimate of drug-likeness (QED) is 0.109. The van der Waals surface area contributed by atoms with Crippen LogP contribution in [0.3, 0.4) is 0 Å². The van der Waals surface area contributed by atoms with Crippen molar-refractivity contribution in [1.82, 2.24) is 9.97 Å². The number of nitrogens with zero attached hydrogens (tertiary/aromatic N) is 4.